The predicted octanol–water partition coefficient (Wildman–Crippen LogP) is 3.26. The molecule has 1 atom stereocenters. The molecular formula is C22H21F2N3O4S. The number of rotatable bonds is 6. The van der Waals surface area contributed by atoms with Crippen molar-refractivity contribution in [3.05, 3.63) is 47.7 Å². The van der Waals surface area contributed by atoms with Crippen molar-refractivity contribution in [1.82, 2.24) is 9.88 Å². The van der Waals surface area contributed by atoms with E-state index in [1.807, 2.05) is 0 Å². The number of halogens is 2. The van der Waals surface area contributed by atoms with Crippen LogP contribution in [0.4, 0.5) is 8.78 Å². The molecule has 0 saturated carbocycles. The number of benzene rings is 1. The molecule has 0 radical (unpaired) electrons. The molecule has 0 unspecified atom stereocenters. The molecular weight excluding hydrogens is 440 g/mol. The highest BCUT2D eigenvalue weighted by Gasteiger charge is 2.47. The number of carbonyl (C=O) groups excluding carboxylic acids is 3. The second-order valence-electron chi connectivity index (χ2n) is 7.14. The number of aromatic nitrogens is 1. The van der Waals surface area contributed by atoms with Crippen molar-refractivity contribution in [3.8, 4) is 6.07 Å². The number of carbonyl (C=O) groups is 3. The molecule has 1 aliphatic rings. The zero-order valence-electron chi connectivity index (χ0n) is 17.2. The first-order chi connectivity index (χ1) is 14.7. The largest absolute Gasteiger partial charge is 0.466 e. The number of alkyl halides is 2. The molecule has 2 heterocycles. The zero-order chi connectivity index (χ0) is 22.6. The minimum absolute atomic E-state index is 0. The van der Waals surface area contributed by atoms with Crippen LogP contribution in [0.1, 0.15) is 35.2 Å². The summed E-state index contributed by atoms with van der Waals surface area (Å²) in [6.07, 6.45) is 3.08. The van der Waals surface area contributed by atoms with Crippen molar-refractivity contribution in [3.63, 3.8) is 0 Å². The molecule has 1 aromatic carbocycles. The van der Waals surface area contributed by atoms with Gasteiger partial charge in [0.1, 0.15) is 6.04 Å². The fourth-order valence-electron chi connectivity index (χ4n) is 3.44. The van der Waals surface area contributed by atoms with Gasteiger partial charge in [-0.15, -0.1) is 0 Å². The highest BCUT2D eigenvalue weighted by atomic mass is 32.1. The van der Waals surface area contributed by atoms with Crippen molar-refractivity contribution in [2.24, 2.45) is 0 Å². The van der Waals surface area contributed by atoms with Gasteiger partial charge < -0.3 is 9.64 Å². The van der Waals surface area contributed by atoms with E-state index in [9.17, 15) is 23.2 Å². The Kier molecular flexibility index (Phi) is 8.05. The maximum atomic E-state index is 13.6. The summed E-state index contributed by atoms with van der Waals surface area (Å²) in [5, 5.41) is 9.56. The molecule has 1 saturated heterocycles. The summed E-state index contributed by atoms with van der Waals surface area (Å²) >= 11 is 0. The van der Waals surface area contributed by atoms with Crippen molar-refractivity contribution in [2.45, 2.75) is 31.2 Å². The fourth-order valence-corrected chi connectivity index (χ4v) is 3.44. The number of ether oxygens (including phenoxy) is 1. The number of nitrogens with zero attached hydrogens (tertiary/aromatic N) is 3. The average molecular weight is 461 g/mol. The Balaban J connectivity index is 0.00000363. The Bertz CT molecular complexity index is 1110. The van der Waals surface area contributed by atoms with Crippen molar-refractivity contribution in [1.29, 1.82) is 5.26 Å². The number of Topliss-reactive ketones (excluding diaryl/α,β-unsaturated/α-hetero) is 1. The molecule has 0 aliphatic carbocycles. The highest BCUT2D eigenvalue weighted by Crippen LogP contribution is 2.32. The average Bonchev–Trinajstić information content (AvgIpc) is 3.09. The van der Waals surface area contributed by atoms with Gasteiger partial charge in [-0.1, -0.05) is 6.07 Å². The number of ketones is 1. The van der Waals surface area contributed by atoms with E-state index in [1.165, 1.54) is 31.5 Å². The molecule has 2 aromatic rings. The molecule has 10 heteroatoms. The summed E-state index contributed by atoms with van der Waals surface area (Å²) in [6, 6.07) is 7.15. The second kappa shape index (κ2) is 10.3. The number of fused-ring (bicyclic) bond motifs is 1. The maximum Gasteiger partial charge on any atom is 0.330 e. The Morgan fingerprint density at radius 3 is 2.75 bits per heavy atom. The Hall–Kier alpha value is -3.32. The lowest BCUT2D eigenvalue weighted by molar-refractivity contribution is -0.135. The lowest BCUT2D eigenvalue weighted by atomic mass is 10.00. The van der Waals surface area contributed by atoms with E-state index in [0.29, 0.717) is 22.0 Å². The fraction of sp³-hybridized carbons (Fsp3) is 0.318. The number of likely N-dealkylation sites (tertiary alicyclic amines) is 1. The number of hydrogen-bond acceptors (Lipinski definition) is 6. The zero-order valence-corrected chi connectivity index (χ0v) is 18.2. The van der Waals surface area contributed by atoms with Crippen LogP contribution in [0.3, 0.4) is 0 Å². The Morgan fingerprint density at radius 2 is 2.06 bits per heavy atom. The van der Waals surface area contributed by atoms with Crippen LogP contribution in [0.5, 0.6) is 0 Å². The van der Waals surface area contributed by atoms with Gasteiger partial charge in [0.25, 0.3) is 5.92 Å². The first kappa shape index (κ1) is 24.9. The summed E-state index contributed by atoms with van der Waals surface area (Å²) in [4.78, 5) is 41.5. The van der Waals surface area contributed by atoms with Crippen LogP contribution in [-0.4, -0.2) is 53.2 Å². The molecule has 1 fully saturated rings. The van der Waals surface area contributed by atoms with Crippen LogP contribution in [0.15, 0.2) is 36.5 Å². The third-order valence-electron chi connectivity index (χ3n) is 4.98. The number of esters is 1. The highest BCUT2D eigenvalue weighted by molar-refractivity contribution is 7.59. The number of pyridine rings is 1. The first-order valence-corrected chi connectivity index (χ1v) is 9.49. The summed E-state index contributed by atoms with van der Waals surface area (Å²) in [7, 11) is 1.26. The van der Waals surface area contributed by atoms with E-state index in [0.717, 1.165) is 4.90 Å². The minimum Gasteiger partial charge on any atom is -0.466 e. The van der Waals surface area contributed by atoms with E-state index in [4.69, 9.17) is 5.26 Å². The molecule has 3 rings (SSSR count). The van der Waals surface area contributed by atoms with Gasteiger partial charge in [-0.2, -0.15) is 18.8 Å². The van der Waals surface area contributed by atoms with Gasteiger partial charge in [0.2, 0.25) is 5.91 Å². The predicted molar refractivity (Wildman–Crippen MR) is 117 cm³/mol. The molecule has 7 nitrogen and oxygen atoms in total. The Labute approximate surface area is 190 Å². The third kappa shape index (κ3) is 5.68. The molecule has 1 aromatic heterocycles. The topological polar surface area (TPSA) is 100 Å². The van der Waals surface area contributed by atoms with Crippen molar-refractivity contribution >= 4 is 48.1 Å². The smallest absolute Gasteiger partial charge is 0.330 e. The van der Waals surface area contributed by atoms with Crippen LogP contribution < -0.4 is 0 Å². The maximum absolute atomic E-state index is 13.6. The summed E-state index contributed by atoms with van der Waals surface area (Å²) in [5.74, 6) is -4.63. The summed E-state index contributed by atoms with van der Waals surface area (Å²) < 4.78 is 31.7. The molecule has 0 bridgehead atoms. The van der Waals surface area contributed by atoms with Gasteiger partial charge in [-0.05, 0) is 29.8 Å². The molecule has 0 N–H and O–H groups in total. The minimum atomic E-state index is -3.10. The van der Waals surface area contributed by atoms with Gasteiger partial charge in [-0.3, -0.25) is 14.6 Å². The van der Waals surface area contributed by atoms with Crippen LogP contribution in [0.25, 0.3) is 17.0 Å². The van der Waals surface area contributed by atoms with Gasteiger partial charge in [0.15, 0.2) is 5.78 Å². The van der Waals surface area contributed by atoms with E-state index in [2.05, 4.69) is 9.72 Å². The lowest BCUT2D eigenvalue weighted by Gasteiger charge is -2.18. The molecule has 1 amide bonds. The van der Waals surface area contributed by atoms with E-state index in [-0.39, 0.29) is 32.1 Å². The van der Waals surface area contributed by atoms with Gasteiger partial charge in [-0.25, -0.2) is 13.6 Å². The van der Waals surface area contributed by atoms with Gasteiger partial charge >= 0.3 is 5.97 Å². The van der Waals surface area contributed by atoms with Gasteiger partial charge in [0, 0.05) is 42.5 Å². The molecule has 32 heavy (non-hydrogen) atoms. The normalized spacial score (nSPS) is 17.1. The van der Waals surface area contributed by atoms with Crippen molar-refractivity contribution < 1.29 is 27.9 Å². The van der Waals surface area contributed by atoms with E-state index < -0.39 is 36.8 Å². The number of amides is 1. The first-order valence-electron chi connectivity index (χ1n) is 9.49. The third-order valence-corrected chi connectivity index (χ3v) is 4.98. The second-order valence-corrected chi connectivity index (χ2v) is 7.14. The quantitative estimate of drug-likeness (QED) is 0.372. The number of hydrogen-bond donors (Lipinski definition) is 0. The number of methoxy groups -OCH3 is 1. The van der Waals surface area contributed by atoms with Crippen LogP contribution in [0, 0.1) is 11.3 Å². The SMILES string of the molecule is COC(=O)/C=C/c1ccc2nccc(C(=O)CCC(=O)N3CC(F)(F)C[C@H]3C#N)c2c1.S. The van der Waals surface area contributed by atoms with E-state index >= 15 is 0 Å². The summed E-state index contributed by atoms with van der Waals surface area (Å²) in [5.41, 5.74) is 1.53. The van der Waals surface area contributed by atoms with Gasteiger partial charge in [0.05, 0.1) is 25.2 Å². The van der Waals surface area contributed by atoms with Crippen LogP contribution >= 0.6 is 13.5 Å². The van der Waals surface area contributed by atoms with Crippen LogP contribution in [-0.2, 0) is 14.3 Å². The number of nitriles is 1. The summed E-state index contributed by atoms with van der Waals surface area (Å²) in [6.45, 7) is -0.813. The molecule has 1 aliphatic heterocycles. The molecule has 0 spiro atoms. The lowest BCUT2D eigenvalue weighted by Crippen LogP contribution is -2.36. The van der Waals surface area contributed by atoms with E-state index in [1.54, 1.807) is 24.3 Å². The molecule has 168 valence electrons. The monoisotopic (exact) mass is 461 g/mol. The van der Waals surface area contributed by atoms with Crippen molar-refractivity contribution in [2.75, 3.05) is 13.7 Å². The Morgan fingerprint density at radius 1 is 1.31 bits per heavy atom. The standard InChI is InChI=1S/C22H19F2N3O4.H2S/c1-31-21(30)7-3-14-2-4-18-17(10-14)16(8-9-26-18)19(28)5-6-20(29)27-13-22(23,24)11-15(27)12-25;/h2-4,7-10,15H,5-6,11,13H2,1H3;1H2/b7-3+;/t15-;/m0./s1. The van der Waals surface area contributed by atoms with Crippen LogP contribution in [0.2, 0.25) is 0 Å².